The number of carbonyl (C=O) groups excluding carboxylic acids is 1. The quantitative estimate of drug-likeness (QED) is 0.743. The average Bonchev–Trinajstić information content (AvgIpc) is 2.98. The lowest BCUT2D eigenvalue weighted by atomic mass is 10.0. The highest BCUT2D eigenvalue weighted by atomic mass is 16.5. The summed E-state index contributed by atoms with van der Waals surface area (Å²) in [6, 6.07) is 4.51. The van der Waals surface area contributed by atoms with Crippen molar-refractivity contribution in [3.05, 3.63) is 23.8 Å². The van der Waals surface area contributed by atoms with Crippen LogP contribution in [0, 0.1) is 5.92 Å². The molecule has 0 spiro atoms. The molecule has 6 nitrogen and oxygen atoms in total. The van der Waals surface area contributed by atoms with Gasteiger partial charge in [0.1, 0.15) is 5.75 Å². The molecule has 21 heavy (non-hydrogen) atoms. The maximum absolute atomic E-state index is 12.0. The van der Waals surface area contributed by atoms with Gasteiger partial charge >= 0.3 is 5.97 Å². The molecule has 6 heteroatoms. The number of carboxylic acids is 1. The van der Waals surface area contributed by atoms with Gasteiger partial charge in [-0.3, -0.25) is 4.79 Å². The minimum atomic E-state index is -1.08. The number of hydrogen-bond donors (Lipinski definition) is 3. The fourth-order valence-corrected chi connectivity index (χ4v) is 2.45. The Morgan fingerprint density at radius 3 is 2.90 bits per heavy atom. The van der Waals surface area contributed by atoms with Crippen molar-refractivity contribution in [3.8, 4) is 5.75 Å². The van der Waals surface area contributed by atoms with E-state index in [2.05, 4.69) is 10.6 Å². The minimum absolute atomic E-state index is 0.0617. The van der Waals surface area contributed by atoms with Crippen LogP contribution in [0.5, 0.6) is 5.75 Å². The zero-order chi connectivity index (χ0) is 15.2. The number of carbonyl (C=O) groups is 2. The van der Waals surface area contributed by atoms with Crippen LogP contribution in [0.3, 0.4) is 0 Å². The molecule has 0 bridgehead atoms. The molecule has 2 rings (SSSR count). The first-order valence-electron chi connectivity index (χ1n) is 7.02. The number of anilines is 1. The molecule has 1 amide bonds. The lowest BCUT2D eigenvalue weighted by Crippen LogP contribution is -2.16. The van der Waals surface area contributed by atoms with Crippen molar-refractivity contribution in [2.45, 2.75) is 19.3 Å². The highest BCUT2D eigenvalue weighted by Crippen LogP contribution is 2.23. The first kappa shape index (κ1) is 15.3. The summed E-state index contributed by atoms with van der Waals surface area (Å²) in [7, 11) is 1.49. The zero-order valence-electron chi connectivity index (χ0n) is 12.0. The Balaban J connectivity index is 1.99. The first-order chi connectivity index (χ1) is 10.1. The summed E-state index contributed by atoms with van der Waals surface area (Å²) in [6.07, 6.45) is 2.29. The number of ether oxygens (including phenoxy) is 1. The fourth-order valence-electron chi connectivity index (χ4n) is 2.45. The Hall–Kier alpha value is -2.08. The van der Waals surface area contributed by atoms with Crippen LogP contribution in [0.4, 0.5) is 5.69 Å². The first-order valence-corrected chi connectivity index (χ1v) is 7.02. The maximum atomic E-state index is 12.0. The van der Waals surface area contributed by atoms with Crippen LogP contribution in [-0.4, -0.2) is 37.2 Å². The molecule has 0 aliphatic carbocycles. The Bertz CT molecular complexity index is 524. The van der Waals surface area contributed by atoms with E-state index in [1.807, 2.05) is 0 Å². The summed E-state index contributed by atoms with van der Waals surface area (Å²) < 4.78 is 5.06. The van der Waals surface area contributed by atoms with E-state index in [0.717, 1.165) is 25.9 Å². The molecular weight excluding hydrogens is 272 g/mol. The summed E-state index contributed by atoms with van der Waals surface area (Å²) >= 11 is 0. The van der Waals surface area contributed by atoms with Crippen LogP contribution in [0.1, 0.15) is 29.6 Å². The van der Waals surface area contributed by atoms with Gasteiger partial charge in [0.15, 0.2) is 0 Å². The number of hydrogen-bond acceptors (Lipinski definition) is 4. The van der Waals surface area contributed by atoms with Gasteiger partial charge in [0, 0.05) is 12.5 Å². The van der Waals surface area contributed by atoms with E-state index in [9.17, 15) is 9.59 Å². The van der Waals surface area contributed by atoms with Gasteiger partial charge in [-0.15, -0.1) is 0 Å². The zero-order valence-corrected chi connectivity index (χ0v) is 12.0. The van der Waals surface area contributed by atoms with Gasteiger partial charge in [0.2, 0.25) is 5.91 Å². The van der Waals surface area contributed by atoms with Gasteiger partial charge in [-0.05, 0) is 44.0 Å². The van der Waals surface area contributed by atoms with E-state index >= 15 is 0 Å². The summed E-state index contributed by atoms with van der Waals surface area (Å²) in [5, 5.41) is 15.1. The van der Waals surface area contributed by atoms with Gasteiger partial charge in [-0.1, -0.05) is 0 Å². The molecule has 1 unspecified atom stereocenters. The Morgan fingerprint density at radius 2 is 2.29 bits per heavy atom. The Morgan fingerprint density at radius 1 is 1.48 bits per heavy atom. The average molecular weight is 292 g/mol. The molecule has 114 valence electrons. The molecule has 1 aromatic carbocycles. The highest BCUT2D eigenvalue weighted by molar-refractivity contribution is 6.00. The Labute approximate surface area is 123 Å². The van der Waals surface area contributed by atoms with Crippen LogP contribution >= 0.6 is 0 Å². The summed E-state index contributed by atoms with van der Waals surface area (Å²) in [5.74, 6) is -0.208. The van der Waals surface area contributed by atoms with E-state index in [1.54, 1.807) is 6.07 Å². The fraction of sp³-hybridized carbons (Fsp3) is 0.467. The number of rotatable bonds is 6. The third kappa shape index (κ3) is 4.19. The van der Waals surface area contributed by atoms with Crippen LogP contribution in [0.15, 0.2) is 18.2 Å². The third-order valence-corrected chi connectivity index (χ3v) is 3.67. The number of aromatic carboxylic acids is 1. The Kier molecular flexibility index (Phi) is 5.16. The number of amides is 1. The standard InChI is InChI=1S/C15H20N2O4/c1-21-11-3-4-12(15(19)20)13(8-11)17-14(18)5-2-10-6-7-16-9-10/h3-4,8,10,16H,2,5-7,9H2,1H3,(H,17,18)(H,19,20). The largest absolute Gasteiger partial charge is 0.497 e. The molecule has 1 aliphatic rings. The number of carboxylic acid groups (broad SMARTS) is 1. The predicted octanol–water partition coefficient (Wildman–Crippen LogP) is 1.72. The van der Waals surface area contributed by atoms with Gasteiger partial charge in [0.05, 0.1) is 18.4 Å². The van der Waals surface area contributed by atoms with Gasteiger partial charge in [0.25, 0.3) is 0 Å². The van der Waals surface area contributed by atoms with Gasteiger partial charge < -0.3 is 20.5 Å². The molecule has 1 aliphatic heterocycles. The maximum Gasteiger partial charge on any atom is 0.337 e. The number of methoxy groups -OCH3 is 1. The molecule has 1 heterocycles. The van der Waals surface area contributed by atoms with Crippen molar-refractivity contribution in [3.63, 3.8) is 0 Å². The van der Waals surface area contributed by atoms with Crippen LogP contribution in [0.25, 0.3) is 0 Å². The van der Waals surface area contributed by atoms with Gasteiger partial charge in [-0.25, -0.2) is 4.79 Å². The predicted molar refractivity (Wildman–Crippen MR) is 78.8 cm³/mol. The van der Waals surface area contributed by atoms with Crippen molar-refractivity contribution in [1.82, 2.24) is 5.32 Å². The minimum Gasteiger partial charge on any atom is -0.497 e. The van der Waals surface area contributed by atoms with Crippen molar-refractivity contribution in [1.29, 1.82) is 0 Å². The smallest absolute Gasteiger partial charge is 0.337 e. The van der Waals surface area contributed by atoms with E-state index in [1.165, 1.54) is 19.2 Å². The molecular formula is C15H20N2O4. The monoisotopic (exact) mass is 292 g/mol. The van der Waals surface area contributed by atoms with Crippen molar-refractivity contribution in [2.75, 3.05) is 25.5 Å². The molecule has 1 saturated heterocycles. The summed E-state index contributed by atoms with van der Waals surface area (Å²) in [4.78, 5) is 23.1. The summed E-state index contributed by atoms with van der Waals surface area (Å²) in [5.41, 5.74) is 0.336. The van der Waals surface area contributed by atoms with Crippen molar-refractivity contribution < 1.29 is 19.4 Å². The van der Waals surface area contributed by atoms with Crippen LogP contribution in [-0.2, 0) is 4.79 Å². The van der Waals surface area contributed by atoms with Crippen molar-refractivity contribution in [2.24, 2.45) is 5.92 Å². The summed E-state index contributed by atoms with van der Waals surface area (Å²) in [6.45, 7) is 1.96. The van der Waals surface area contributed by atoms with Crippen LogP contribution in [0.2, 0.25) is 0 Å². The van der Waals surface area contributed by atoms with Crippen molar-refractivity contribution >= 4 is 17.6 Å². The molecule has 1 atom stereocenters. The molecule has 0 aromatic heterocycles. The second-order valence-corrected chi connectivity index (χ2v) is 5.16. The van der Waals surface area contributed by atoms with Crippen LogP contribution < -0.4 is 15.4 Å². The van der Waals surface area contributed by atoms with E-state index in [-0.39, 0.29) is 17.2 Å². The molecule has 1 fully saturated rings. The SMILES string of the molecule is COc1ccc(C(=O)O)c(NC(=O)CCC2CCNC2)c1. The number of nitrogens with one attached hydrogen (secondary N) is 2. The van der Waals surface area contributed by atoms with E-state index in [4.69, 9.17) is 9.84 Å². The third-order valence-electron chi connectivity index (χ3n) is 3.67. The number of benzene rings is 1. The van der Waals surface area contributed by atoms with Gasteiger partial charge in [-0.2, -0.15) is 0 Å². The lowest BCUT2D eigenvalue weighted by Gasteiger charge is -2.11. The topological polar surface area (TPSA) is 87.7 Å². The lowest BCUT2D eigenvalue weighted by molar-refractivity contribution is -0.116. The van der Waals surface area contributed by atoms with E-state index < -0.39 is 5.97 Å². The van der Waals surface area contributed by atoms with E-state index in [0.29, 0.717) is 18.1 Å². The second kappa shape index (κ2) is 7.08. The molecule has 0 saturated carbocycles. The molecule has 0 radical (unpaired) electrons. The second-order valence-electron chi connectivity index (χ2n) is 5.16. The highest BCUT2D eigenvalue weighted by Gasteiger charge is 2.17. The normalized spacial score (nSPS) is 17.5. The molecule has 3 N–H and O–H groups in total. The molecule has 1 aromatic rings.